The zero-order chi connectivity index (χ0) is 22.2. The van der Waals surface area contributed by atoms with E-state index >= 15 is 0 Å². The van der Waals surface area contributed by atoms with Gasteiger partial charge in [-0.25, -0.2) is 14.4 Å². The molecule has 0 bridgehead atoms. The number of hydrogen-bond acceptors (Lipinski definition) is 4. The van der Waals surface area contributed by atoms with Gasteiger partial charge in [0.05, 0.1) is 16.7 Å². The molecular formula is C25H18O6. The van der Waals surface area contributed by atoms with Gasteiger partial charge in [0.15, 0.2) is 0 Å². The highest BCUT2D eigenvalue weighted by Crippen LogP contribution is 2.25. The van der Waals surface area contributed by atoms with Crippen molar-refractivity contribution in [3.8, 4) is 5.75 Å². The monoisotopic (exact) mass is 414 g/mol. The van der Waals surface area contributed by atoms with Crippen LogP contribution in [0.5, 0.6) is 5.75 Å². The first-order valence-corrected chi connectivity index (χ1v) is 9.27. The van der Waals surface area contributed by atoms with E-state index in [0.29, 0.717) is 11.3 Å². The first kappa shape index (κ1) is 21.3. The Morgan fingerprint density at radius 1 is 0.581 bits per heavy atom. The molecule has 0 spiro atoms. The zero-order valence-corrected chi connectivity index (χ0v) is 16.3. The van der Waals surface area contributed by atoms with Crippen molar-refractivity contribution < 1.29 is 29.3 Å². The molecule has 0 aromatic heterocycles. The molecule has 31 heavy (non-hydrogen) atoms. The third-order valence-corrected chi connectivity index (χ3v) is 4.32. The van der Waals surface area contributed by atoms with Crippen LogP contribution in [0.2, 0.25) is 0 Å². The standard InChI is InChI=1S/C17H12O2.C8H6O4/c18-17(14-8-2-1-3-9-14)19-16-12-6-10-13-7-4-5-11-15(13)16;9-7(10)5-2-1-3-6(4-5)8(11)12/h1-12H;1-4H,(H,9,10)(H,11,12). The van der Waals surface area contributed by atoms with Gasteiger partial charge in [0, 0.05) is 5.39 Å². The Balaban J connectivity index is 0.000000196. The number of benzene rings is 4. The minimum absolute atomic E-state index is 0.0186. The van der Waals surface area contributed by atoms with Crippen molar-refractivity contribution in [2.24, 2.45) is 0 Å². The van der Waals surface area contributed by atoms with E-state index in [1.54, 1.807) is 12.1 Å². The van der Waals surface area contributed by atoms with Crippen LogP contribution >= 0.6 is 0 Å². The maximum Gasteiger partial charge on any atom is 0.343 e. The molecule has 6 nitrogen and oxygen atoms in total. The van der Waals surface area contributed by atoms with Crippen molar-refractivity contribution in [1.82, 2.24) is 0 Å². The van der Waals surface area contributed by atoms with Gasteiger partial charge in [0.2, 0.25) is 0 Å². The second-order valence-corrected chi connectivity index (χ2v) is 6.42. The minimum atomic E-state index is -1.13. The van der Waals surface area contributed by atoms with Crippen LogP contribution in [0.3, 0.4) is 0 Å². The van der Waals surface area contributed by atoms with Gasteiger partial charge in [-0.1, -0.05) is 60.7 Å². The van der Waals surface area contributed by atoms with Gasteiger partial charge in [0.25, 0.3) is 0 Å². The van der Waals surface area contributed by atoms with Crippen molar-refractivity contribution in [1.29, 1.82) is 0 Å². The van der Waals surface area contributed by atoms with E-state index in [2.05, 4.69) is 0 Å². The third-order valence-electron chi connectivity index (χ3n) is 4.32. The maximum absolute atomic E-state index is 12.0. The Bertz CT molecular complexity index is 1200. The lowest BCUT2D eigenvalue weighted by molar-refractivity contribution is 0.0693. The number of carbonyl (C=O) groups excluding carboxylic acids is 1. The Kier molecular flexibility index (Phi) is 6.75. The quantitative estimate of drug-likeness (QED) is 0.354. The molecule has 0 saturated heterocycles. The molecule has 4 aromatic carbocycles. The lowest BCUT2D eigenvalue weighted by Gasteiger charge is -2.07. The lowest BCUT2D eigenvalue weighted by atomic mass is 10.1. The smallest absolute Gasteiger partial charge is 0.343 e. The van der Waals surface area contributed by atoms with Crippen LogP contribution < -0.4 is 4.74 Å². The molecular weight excluding hydrogens is 396 g/mol. The Hall–Kier alpha value is -4.45. The summed E-state index contributed by atoms with van der Waals surface area (Å²) in [7, 11) is 0. The van der Waals surface area contributed by atoms with Gasteiger partial charge in [-0.2, -0.15) is 0 Å². The Labute approximate surface area is 178 Å². The predicted molar refractivity (Wildman–Crippen MR) is 116 cm³/mol. The lowest BCUT2D eigenvalue weighted by Crippen LogP contribution is -2.08. The summed E-state index contributed by atoms with van der Waals surface area (Å²) < 4.78 is 5.47. The van der Waals surface area contributed by atoms with Gasteiger partial charge in [-0.3, -0.25) is 0 Å². The number of esters is 1. The average Bonchev–Trinajstić information content (AvgIpc) is 2.80. The Morgan fingerprint density at radius 2 is 1.10 bits per heavy atom. The number of rotatable bonds is 4. The minimum Gasteiger partial charge on any atom is -0.478 e. The third kappa shape index (κ3) is 5.55. The van der Waals surface area contributed by atoms with Crippen LogP contribution in [-0.2, 0) is 0 Å². The fourth-order valence-electron chi connectivity index (χ4n) is 2.80. The molecule has 0 unspecified atom stereocenters. The van der Waals surface area contributed by atoms with Gasteiger partial charge >= 0.3 is 17.9 Å². The topological polar surface area (TPSA) is 101 Å². The van der Waals surface area contributed by atoms with E-state index < -0.39 is 11.9 Å². The van der Waals surface area contributed by atoms with Gasteiger partial charge in [0.1, 0.15) is 5.75 Å². The van der Waals surface area contributed by atoms with Crippen LogP contribution in [0.1, 0.15) is 31.1 Å². The normalized spacial score (nSPS) is 9.94. The van der Waals surface area contributed by atoms with Crippen molar-refractivity contribution in [2.45, 2.75) is 0 Å². The fourth-order valence-corrected chi connectivity index (χ4v) is 2.80. The molecule has 0 atom stereocenters. The second-order valence-electron chi connectivity index (χ2n) is 6.42. The molecule has 0 saturated carbocycles. The van der Waals surface area contributed by atoms with Crippen molar-refractivity contribution in [2.75, 3.05) is 0 Å². The second kappa shape index (κ2) is 9.84. The van der Waals surface area contributed by atoms with Gasteiger partial charge in [-0.15, -0.1) is 0 Å². The Morgan fingerprint density at radius 3 is 1.74 bits per heavy atom. The first-order valence-electron chi connectivity index (χ1n) is 9.27. The summed E-state index contributed by atoms with van der Waals surface area (Å²) in [6.07, 6.45) is 0. The highest BCUT2D eigenvalue weighted by atomic mass is 16.5. The van der Waals surface area contributed by atoms with Gasteiger partial charge < -0.3 is 14.9 Å². The molecule has 2 N–H and O–H groups in total. The summed E-state index contributed by atoms with van der Waals surface area (Å²) in [6.45, 7) is 0. The molecule has 0 aliphatic rings. The van der Waals surface area contributed by atoms with Crippen LogP contribution in [-0.4, -0.2) is 28.1 Å². The molecule has 0 heterocycles. The van der Waals surface area contributed by atoms with Gasteiger partial charge in [-0.05, 0) is 41.8 Å². The summed E-state index contributed by atoms with van der Waals surface area (Å²) in [4.78, 5) is 32.8. The fraction of sp³-hybridized carbons (Fsp3) is 0. The van der Waals surface area contributed by atoms with E-state index in [0.717, 1.165) is 16.8 Å². The number of fused-ring (bicyclic) bond motifs is 1. The number of ether oxygens (including phenoxy) is 1. The summed E-state index contributed by atoms with van der Waals surface area (Å²) >= 11 is 0. The van der Waals surface area contributed by atoms with Crippen LogP contribution in [0.25, 0.3) is 10.8 Å². The number of carbonyl (C=O) groups is 3. The van der Waals surface area contributed by atoms with E-state index in [1.807, 2.05) is 60.7 Å². The predicted octanol–water partition coefficient (Wildman–Crippen LogP) is 5.14. The molecule has 0 radical (unpaired) electrons. The highest BCUT2D eigenvalue weighted by molar-refractivity contribution is 5.95. The number of aromatic carboxylic acids is 2. The summed E-state index contributed by atoms with van der Waals surface area (Å²) in [5.41, 5.74) is 0.514. The molecule has 154 valence electrons. The molecule has 6 heteroatoms. The van der Waals surface area contributed by atoms with Crippen molar-refractivity contribution >= 4 is 28.7 Å². The average molecular weight is 414 g/mol. The van der Waals surface area contributed by atoms with Crippen molar-refractivity contribution in [3.05, 3.63) is 114 Å². The summed E-state index contributed by atoms with van der Waals surface area (Å²) in [5, 5.41) is 19.0. The van der Waals surface area contributed by atoms with Crippen LogP contribution in [0.15, 0.2) is 97.1 Å². The van der Waals surface area contributed by atoms with E-state index in [4.69, 9.17) is 14.9 Å². The first-order chi connectivity index (χ1) is 15.0. The molecule has 0 aliphatic heterocycles. The van der Waals surface area contributed by atoms with Crippen molar-refractivity contribution in [3.63, 3.8) is 0 Å². The molecule has 0 fully saturated rings. The highest BCUT2D eigenvalue weighted by Gasteiger charge is 2.10. The molecule has 4 aromatic rings. The van der Waals surface area contributed by atoms with E-state index in [-0.39, 0.29) is 17.1 Å². The zero-order valence-electron chi connectivity index (χ0n) is 16.3. The van der Waals surface area contributed by atoms with Crippen LogP contribution in [0, 0.1) is 0 Å². The number of carboxylic acid groups (broad SMARTS) is 2. The molecule has 0 amide bonds. The SMILES string of the molecule is O=C(O)c1cccc(C(=O)O)c1.O=C(Oc1cccc2ccccc12)c1ccccc1. The largest absolute Gasteiger partial charge is 0.478 e. The maximum atomic E-state index is 12.0. The molecule has 0 aliphatic carbocycles. The van der Waals surface area contributed by atoms with Crippen LogP contribution in [0.4, 0.5) is 0 Å². The molecule has 4 rings (SSSR count). The van der Waals surface area contributed by atoms with E-state index in [9.17, 15) is 14.4 Å². The van der Waals surface area contributed by atoms with E-state index in [1.165, 1.54) is 18.2 Å². The summed E-state index contributed by atoms with van der Waals surface area (Å²) in [6, 6.07) is 27.7. The summed E-state index contributed by atoms with van der Waals surface area (Å²) in [5.74, 6) is -2.00. The number of carboxylic acids is 2. The number of hydrogen-bond donors (Lipinski definition) is 2.